The lowest BCUT2D eigenvalue weighted by atomic mass is 9.93. The molecule has 1 aromatic carbocycles. The summed E-state index contributed by atoms with van der Waals surface area (Å²) in [6, 6.07) is 9.62. The van der Waals surface area contributed by atoms with Crippen molar-refractivity contribution in [1.29, 1.82) is 0 Å². The van der Waals surface area contributed by atoms with E-state index in [0.717, 1.165) is 5.56 Å². The molecule has 2 rings (SSSR count). The van der Waals surface area contributed by atoms with E-state index in [9.17, 15) is 4.79 Å². The molecule has 1 heterocycles. The first-order chi connectivity index (χ1) is 9.40. The fourth-order valence-corrected chi connectivity index (χ4v) is 1.82. The number of aromatic amines is 1. The van der Waals surface area contributed by atoms with Crippen molar-refractivity contribution in [3.8, 4) is 0 Å². The zero-order chi connectivity index (χ0) is 14.8. The van der Waals surface area contributed by atoms with Crippen LogP contribution in [0.4, 0.5) is 17.5 Å². The SMILES string of the molecule is CC(N)(CNc1nc(N)[nH]c(=O)c1N)c1ccccc1.Cl. The third-order valence-electron chi connectivity index (χ3n) is 3.03. The van der Waals surface area contributed by atoms with Gasteiger partial charge in [0.05, 0.1) is 5.54 Å². The Bertz CT molecular complexity index is 655. The van der Waals surface area contributed by atoms with Gasteiger partial charge < -0.3 is 22.5 Å². The van der Waals surface area contributed by atoms with Gasteiger partial charge >= 0.3 is 0 Å². The minimum atomic E-state index is -0.632. The Labute approximate surface area is 128 Å². The van der Waals surface area contributed by atoms with E-state index in [4.69, 9.17) is 17.2 Å². The lowest BCUT2D eigenvalue weighted by molar-refractivity contribution is 0.523. The average molecular weight is 311 g/mol. The highest BCUT2D eigenvalue weighted by molar-refractivity contribution is 5.85. The monoisotopic (exact) mass is 310 g/mol. The average Bonchev–Trinajstić information content (AvgIpc) is 2.42. The molecular weight excluding hydrogens is 292 g/mol. The van der Waals surface area contributed by atoms with E-state index in [0.29, 0.717) is 6.54 Å². The topological polar surface area (TPSA) is 136 Å². The molecule has 0 saturated heterocycles. The van der Waals surface area contributed by atoms with E-state index >= 15 is 0 Å². The van der Waals surface area contributed by atoms with Crippen molar-refractivity contribution in [3.05, 3.63) is 46.2 Å². The summed E-state index contributed by atoms with van der Waals surface area (Å²) in [6.45, 7) is 2.24. The quantitative estimate of drug-likeness (QED) is 0.562. The van der Waals surface area contributed by atoms with Gasteiger partial charge in [-0.2, -0.15) is 4.98 Å². The Morgan fingerprint density at radius 1 is 1.29 bits per heavy atom. The van der Waals surface area contributed by atoms with Crippen molar-refractivity contribution in [2.45, 2.75) is 12.5 Å². The molecule has 0 amide bonds. The maximum atomic E-state index is 11.5. The Hall–Kier alpha value is -2.25. The number of nitrogens with two attached hydrogens (primary N) is 3. The van der Waals surface area contributed by atoms with Crippen LogP contribution in [0.3, 0.4) is 0 Å². The molecule has 1 aromatic heterocycles. The Morgan fingerprint density at radius 2 is 1.90 bits per heavy atom. The van der Waals surface area contributed by atoms with Gasteiger partial charge in [0.25, 0.3) is 5.56 Å². The van der Waals surface area contributed by atoms with Crippen molar-refractivity contribution in [3.63, 3.8) is 0 Å². The molecule has 0 bridgehead atoms. The summed E-state index contributed by atoms with van der Waals surface area (Å²) in [5.41, 5.74) is 17.2. The summed E-state index contributed by atoms with van der Waals surface area (Å²) in [6.07, 6.45) is 0. The molecule has 1 atom stereocenters. The third kappa shape index (κ3) is 3.87. The van der Waals surface area contributed by atoms with Crippen LogP contribution in [-0.4, -0.2) is 16.5 Å². The highest BCUT2D eigenvalue weighted by atomic mass is 35.5. The maximum Gasteiger partial charge on any atom is 0.277 e. The number of nitrogens with zero attached hydrogens (tertiary/aromatic N) is 1. The van der Waals surface area contributed by atoms with Gasteiger partial charge in [0, 0.05) is 6.54 Å². The minimum absolute atomic E-state index is 0. The molecule has 8 N–H and O–H groups in total. The summed E-state index contributed by atoms with van der Waals surface area (Å²) < 4.78 is 0. The van der Waals surface area contributed by atoms with Crippen LogP contribution in [-0.2, 0) is 5.54 Å². The van der Waals surface area contributed by atoms with Crippen LogP contribution in [0.25, 0.3) is 0 Å². The van der Waals surface area contributed by atoms with Gasteiger partial charge in [-0.05, 0) is 12.5 Å². The largest absolute Gasteiger partial charge is 0.391 e. The van der Waals surface area contributed by atoms with Crippen LogP contribution >= 0.6 is 12.4 Å². The van der Waals surface area contributed by atoms with Crippen molar-refractivity contribution < 1.29 is 0 Å². The Balaban J connectivity index is 0.00000220. The number of hydrogen-bond acceptors (Lipinski definition) is 6. The zero-order valence-electron chi connectivity index (χ0n) is 11.6. The predicted molar refractivity (Wildman–Crippen MR) is 87.4 cm³/mol. The van der Waals surface area contributed by atoms with Gasteiger partial charge in [-0.3, -0.25) is 9.78 Å². The zero-order valence-corrected chi connectivity index (χ0v) is 12.4. The van der Waals surface area contributed by atoms with Gasteiger partial charge in [0.2, 0.25) is 5.95 Å². The molecule has 0 aliphatic rings. The number of aromatic nitrogens is 2. The number of halogens is 1. The number of anilines is 3. The third-order valence-corrected chi connectivity index (χ3v) is 3.03. The second kappa shape index (κ2) is 6.47. The van der Waals surface area contributed by atoms with E-state index in [1.54, 1.807) is 0 Å². The first-order valence-corrected chi connectivity index (χ1v) is 6.14. The molecule has 0 aliphatic heterocycles. The van der Waals surface area contributed by atoms with Gasteiger partial charge in [-0.25, -0.2) is 0 Å². The fourth-order valence-electron chi connectivity index (χ4n) is 1.82. The summed E-state index contributed by atoms with van der Waals surface area (Å²) in [5, 5.41) is 2.97. The van der Waals surface area contributed by atoms with Crippen molar-refractivity contribution >= 4 is 29.9 Å². The highest BCUT2D eigenvalue weighted by Crippen LogP contribution is 2.19. The molecular formula is C13H19ClN6O. The number of hydrogen-bond donors (Lipinski definition) is 5. The molecule has 0 saturated carbocycles. The molecule has 0 spiro atoms. The molecule has 0 fully saturated rings. The minimum Gasteiger partial charge on any atom is -0.391 e. The summed E-state index contributed by atoms with van der Waals surface area (Å²) >= 11 is 0. The van der Waals surface area contributed by atoms with E-state index in [1.807, 2.05) is 37.3 Å². The number of benzene rings is 1. The Kier molecular flexibility index (Phi) is 5.17. The van der Waals surface area contributed by atoms with Gasteiger partial charge in [-0.1, -0.05) is 30.3 Å². The van der Waals surface area contributed by atoms with Crippen LogP contribution in [0.15, 0.2) is 35.1 Å². The smallest absolute Gasteiger partial charge is 0.277 e. The van der Waals surface area contributed by atoms with Crippen molar-refractivity contribution in [1.82, 2.24) is 9.97 Å². The number of H-pyrrole nitrogens is 1. The molecule has 8 heteroatoms. The van der Waals surface area contributed by atoms with Crippen molar-refractivity contribution in [2.24, 2.45) is 5.73 Å². The molecule has 0 radical (unpaired) electrons. The van der Waals surface area contributed by atoms with Crippen LogP contribution in [0, 0.1) is 0 Å². The van der Waals surface area contributed by atoms with E-state index < -0.39 is 11.1 Å². The lowest BCUT2D eigenvalue weighted by Crippen LogP contribution is -2.40. The second-order valence-corrected chi connectivity index (χ2v) is 4.85. The predicted octanol–water partition coefficient (Wildman–Crippen LogP) is 0.642. The molecule has 114 valence electrons. The molecule has 2 aromatic rings. The van der Waals surface area contributed by atoms with E-state index in [-0.39, 0.29) is 29.9 Å². The first-order valence-electron chi connectivity index (χ1n) is 6.14. The number of rotatable bonds is 4. The van der Waals surface area contributed by atoms with Gasteiger partial charge in [0.1, 0.15) is 5.69 Å². The van der Waals surface area contributed by atoms with Crippen LogP contribution in [0.1, 0.15) is 12.5 Å². The van der Waals surface area contributed by atoms with Crippen LogP contribution in [0.5, 0.6) is 0 Å². The lowest BCUT2D eigenvalue weighted by Gasteiger charge is -2.26. The normalized spacial score (nSPS) is 13.0. The maximum absolute atomic E-state index is 11.5. The summed E-state index contributed by atoms with van der Waals surface area (Å²) in [4.78, 5) is 17.8. The molecule has 1 unspecified atom stereocenters. The highest BCUT2D eigenvalue weighted by Gasteiger charge is 2.21. The Morgan fingerprint density at radius 3 is 2.52 bits per heavy atom. The molecule has 21 heavy (non-hydrogen) atoms. The van der Waals surface area contributed by atoms with E-state index in [2.05, 4.69) is 15.3 Å². The van der Waals surface area contributed by atoms with E-state index in [1.165, 1.54) is 0 Å². The second-order valence-electron chi connectivity index (χ2n) is 4.85. The van der Waals surface area contributed by atoms with Gasteiger partial charge in [0.15, 0.2) is 5.82 Å². The first kappa shape index (κ1) is 16.8. The fraction of sp³-hybridized carbons (Fsp3) is 0.231. The van der Waals surface area contributed by atoms with Crippen LogP contribution in [0.2, 0.25) is 0 Å². The molecule has 0 aliphatic carbocycles. The standard InChI is InChI=1S/C13H18N6O.ClH/c1-13(16,8-5-3-2-4-6-8)7-17-10-9(14)11(20)19-12(15)18-10;/h2-6H,7,14,16H2,1H3,(H4,15,17,18,19,20);1H. The summed E-state index contributed by atoms with van der Waals surface area (Å²) in [5.74, 6) is 0.240. The van der Waals surface area contributed by atoms with Crippen LogP contribution < -0.4 is 28.1 Å². The van der Waals surface area contributed by atoms with Gasteiger partial charge in [-0.15, -0.1) is 12.4 Å². The number of nitrogen functional groups attached to an aromatic ring is 2. The summed E-state index contributed by atoms with van der Waals surface area (Å²) in [7, 11) is 0. The number of nitrogens with one attached hydrogen (secondary N) is 2. The molecule has 7 nitrogen and oxygen atoms in total. The van der Waals surface area contributed by atoms with Crippen molar-refractivity contribution in [2.75, 3.05) is 23.3 Å².